The van der Waals surface area contributed by atoms with E-state index in [1.807, 2.05) is 26.0 Å². The van der Waals surface area contributed by atoms with Gasteiger partial charge in [0, 0.05) is 46.7 Å². The van der Waals surface area contributed by atoms with Gasteiger partial charge < -0.3 is 24.5 Å². The summed E-state index contributed by atoms with van der Waals surface area (Å²) in [6, 6.07) is 9.19. The van der Waals surface area contributed by atoms with Crippen LogP contribution >= 0.6 is 0 Å². The van der Waals surface area contributed by atoms with Crippen molar-refractivity contribution in [3.8, 4) is 11.5 Å². The van der Waals surface area contributed by atoms with Crippen molar-refractivity contribution in [3.05, 3.63) is 35.9 Å². The zero-order chi connectivity index (χ0) is 28.2. The van der Waals surface area contributed by atoms with E-state index >= 15 is 0 Å². The fraction of sp³-hybridized carbons (Fsp3) is 0.481. The Morgan fingerprint density at radius 2 is 1.74 bits per heavy atom. The number of aromatic nitrogens is 1. The fourth-order valence-corrected chi connectivity index (χ4v) is 5.50. The van der Waals surface area contributed by atoms with Crippen molar-refractivity contribution < 1.29 is 27.1 Å². The number of oxazole rings is 1. The Kier molecular flexibility index (Phi) is 8.98. The summed E-state index contributed by atoms with van der Waals surface area (Å²) in [7, 11) is -0.550. The molecule has 0 unspecified atom stereocenters. The quantitative estimate of drug-likeness (QED) is 0.360. The number of anilines is 2. The number of nitrogens with zero attached hydrogens (tertiary/aromatic N) is 3. The SMILES string of the molecule is CCOc1cc(CN2CCC(Nc3nc4cc(S(=O)(=O)N(C)C)ccc4o3)CC2)cc(OCC)c1NC(C)=O. The Morgan fingerprint density at radius 3 is 2.31 bits per heavy atom. The monoisotopic (exact) mass is 559 g/mol. The van der Waals surface area contributed by atoms with E-state index in [4.69, 9.17) is 13.9 Å². The maximum Gasteiger partial charge on any atom is 0.295 e. The molecule has 212 valence electrons. The Morgan fingerprint density at radius 1 is 1.10 bits per heavy atom. The van der Waals surface area contributed by atoms with Crippen LogP contribution in [0.25, 0.3) is 11.1 Å². The highest BCUT2D eigenvalue weighted by molar-refractivity contribution is 7.89. The number of carbonyl (C=O) groups excluding carboxylic acids is 1. The lowest BCUT2D eigenvalue weighted by Crippen LogP contribution is -2.38. The summed E-state index contributed by atoms with van der Waals surface area (Å²) in [6.07, 6.45) is 1.78. The highest BCUT2D eigenvalue weighted by Gasteiger charge is 2.23. The molecule has 39 heavy (non-hydrogen) atoms. The molecular weight excluding hydrogens is 522 g/mol. The van der Waals surface area contributed by atoms with Crippen LogP contribution in [0, 0.1) is 0 Å². The van der Waals surface area contributed by atoms with Crippen molar-refractivity contribution >= 4 is 38.7 Å². The lowest BCUT2D eigenvalue weighted by molar-refractivity contribution is -0.114. The highest BCUT2D eigenvalue weighted by Crippen LogP contribution is 2.37. The molecule has 2 N–H and O–H groups in total. The first-order valence-corrected chi connectivity index (χ1v) is 14.6. The van der Waals surface area contributed by atoms with Crippen molar-refractivity contribution in [2.24, 2.45) is 0 Å². The molecule has 0 bridgehead atoms. The molecular formula is C27H37N5O6S. The summed E-state index contributed by atoms with van der Waals surface area (Å²) in [5.41, 5.74) is 2.63. The van der Waals surface area contributed by atoms with Crippen LogP contribution < -0.4 is 20.1 Å². The van der Waals surface area contributed by atoms with Crippen molar-refractivity contribution in [1.29, 1.82) is 0 Å². The van der Waals surface area contributed by atoms with E-state index in [-0.39, 0.29) is 16.8 Å². The second-order valence-electron chi connectivity index (χ2n) is 9.65. The molecule has 1 aliphatic heterocycles. The van der Waals surface area contributed by atoms with Gasteiger partial charge in [-0.2, -0.15) is 4.98 Å². The van der Waals surface area contributed by atoms with Crippen molar-refractivity contribution in [2.45, 2.75) is 51.1 Å². The standard InChI is InChI=1S/C27H37N5O6S/c1-6-36-24-14-19(15-25(37-7-2)26(24)28-18(3)33)17-32-12-10-20(11-13-32)29-27-30-22-16-21(8-9-23(22)38-27)39(34,35)31(4)5/h8-9,14-16,20H,6-7,10-13,17H2,1-5H3,(H,28,33)(H,29,30). The van der Waals surface area contributed by atoms with Gasteiger partial charge in [0.25, 0.3) is 6.01 Å². The molecule has 0 saturated carbocycles. The van der Waals surface area contributed by atoms with Gasteiger partial charge in [-0.3, -0.25) is 9.69 Å². The fourth-order valence-electron chi connectivity index (χ4n) is 4.58. The van der Waals surface area contributed by atoms with Crippen LogP contribution in [0.1, 0.15) is 39.2 Å². The maximum absolute atomic E-state index is 12.4. The minimum atomic E-state index is -3.55. The summed E-state index contributed by atoms with van der Waals surface area (Å²) in [4.78, 5) is 18.8. The molecule has 2 aromatic carbocycles. The van der Waals surface area contributed by atoms with Gasteiger partial charge in [0.15, 0.2) is 5.58 Å². The zero-order valence-electron chi connectivity index (χ0n) is 23.1. The molecule has 11 nitrogen and oxygen atoms in total. The Bertz CT molecular complexity index is 1390. The number of piperidine rings is 1. The minimum absolute atomic E-state index is 0.179. The van der Waals surface area contributed by atoms with Gasteiger partial charge >= 0.3 is 0 Å². The topological polar surface area (TPSA) is 126 Å². The van der Waals surface area contributed by atoms with E-state index in [1.165, 1.54) is 37.5 Å². The first kappa shape index (κ1) is 28.7. The largest absolute Gasteiger partial charge is 0.492 e. The molecule has 1 fully saturated rings. The number of benzene rings is 2. The molecule has 1 amide bonds. The van der Waals surface area contributed by atoms with E-state index in [2.05, 4.69) is 20.5 Å². The molecule has 0 atom stereocenters. The minimum Gasteiger partial charge on any atom is -0.492 e. The number of rotatable bonds is 11. The predicted molar refractivity (Wildman–Crippen MR) is 150 cm³/mol. The first-order chi connectivity index (χ1) is 18.6. The van der Waals surface area contributed by atoms with Gasteiger partial charge in [0.1, 0.15) is 22.7 Å². The number of hydrogen-bond acceptors (Lipinski definition) is 9. The van der Waals surface area contributed by atoms with Crippen LogP contribution in [0.2, 0.25) is 0 Å². The van der Waals surface area contributed by atoms with Crippen molar-refractivity contribution in [1.82, 2.24) is 14.2 Å². The van der Waals surface area contributed by atoms with Crippen LogP contribution in [-0.2, 0) is 21.4 Å². The van der Waals surface area contributed by atoms with Crippen LogP contribution in [-0.4, -0.2) is 75.0 Å². The third kappa shape index (κ3) is 6.81. The summed E-state index contributed by atoms with van der Waals surface area (Å²) in [6.45, 7) is 8.68. The van der Waals surface area contributed by atoms with Crippen molar-refractivity contribution in [2.75, 3.05) is 51.0 Å². The average Bonchev–Trinajstić information content (AvgIpc) is 3.29. The Balaban J connectivity index is 1.40. The number of sulfonamides is 1. The van der Waals surface area contributed by atoms with Gasteiger partial charge in [-0.15, -0.1) is 0 Å². The number of fused-ring (bicyclic) bond motifs is 1. The molecule has 3 aromatic rings. The van der Waals surface area contributed by atoms with Gasteiger partial charge in [-0.1, -0.05) is 0 Å². The molecule has 0 spiro atoms. The summed E-state index contributed by atoms with van der Waals surface area (Å²) in [5, 5.41) is 6.21. The Hall–Kier alpha value is -3.35. The number of likely N-dealkylation sites (tertiary alicyclic amines) is 1. The molecule has 1 aromatic heterocycles. The van der Waals surface area contributed by atoms with E-state index in [9.17, 15) is 13.2 Å². The molecule has 4 rings (SSSR count). The van der Waals surface area contributed by atoms with Gasteiger partial charge in [-0.05, 0) is 62.6 Å². The van der Waals surface area contributed by atoms with Gasteiger partial charge in [-0.25, -0.2) is 12.7 Å². The second kappa shape index (κ2) is 12.2. The van der Waals surface area contributed by atoms with Gasteiger partial charge in [0.05, 0.1) is 18.1 Å². The molecule has 1 aliphatic rings. The Labute approximate surface area is 229 Å². The maximum atomic E-state index is 12.4. The van der Waals surface area contributed by atoms with Crippen LogP contribution in [0.3, 0.4) is 0 Å². The smallest absolute Gasteiger partial charge is 0.295 e. The van der Waals surface area contributed by atoms with E-state index in [0.29, 0.717) is 47.5 Å². The van der Waals surface area contributed by atoms with Crippen molar-refractivity contribution in [3.63, 3.8) is 0 Å². The normalized spacial score (nSPS) is 15.0. The lowest BCUT2D eigenvalue weighted by Gasteiger charge is -2.32. The van der Waals surface area contributed by atoms with E-state index in [1.54, 1.807) is 6.07 Å². The highest BCUT2D eigenvalue weighted by atomic mass is 32.2. The van der Waals surface area contributed by atoms with Crippen LogP contribution in [0.4, 0.5) is 11.7 Å². The predicted octanol–water partition coefficient (Wildman–Crippen LogP) is 3.91. The lowest BCUT2D eigenvalue weighted by atomic mass is 10.0. The summed E-state index contributed by atoms with van der Waals surface area (Å²) >= 11 is 0. The summed E-state index contributed by atoms with van der Waals surface area (Å²) in [5.74, 6) is 1.02. The van der Waals surface area contributed by atoms with Crippen LogP contribution in [0.5, 0.6) is 11.5 Å². The molecule has 0 radical (unpaired) electrons. The van der Waals surface area contributed by atoms with Gasteiger partial charge in [0.2, 0.25) is 15.9 Å². The molecule has 0 aliphatic carbocycles. The average molecular weight is 560 g/mol. The third-order valence-electron chi connectivity index (χ3n) is 6.49. The number of amides is 1. The zero-order valence-corrected chi connectivity index (χ0v) is 23.9. The number of ether oxygens (including phenoxy) is 2. The van der Waals surface area contributed by atoms with E-state index < -0.39 is 10.0 Å². The van der Waals surface area contributed by atoms with E-state index in [0.717, 1.165) is 38.0 Å². The number of hydrogen-bond donors (Lipinski definition) is 2. The molecule has 1 saturated heterocycles. The molecule has 12 heteroatoms. The summed E-state index contributed by atoms with van der Waals surface area (Å²) < 4.78 is 43.5. The first-order valence-electron chi connectivity index (χ1n) is 13.1. The number of carbonyl (C=O) groups is 1. The third-order valence-corrected chi connectivity index (χ3v) is 8.30. The second-order valence-corrected chi connectivity index (χ2v) is 11.8. The molecule has 2 heterocycles. The van der Waals surface area contributed by atoms with Crippen LogP contribution in [0.15, 0.2) is 39.6 Å². The number of nitrogens with one attached hydrogen (secondary N) is 2.